The van der Waals surface area contributed by atoms with Crippen LogP contribution in [0.2, 0.25) is 0 Å². The highest BCUT2D eigenvalue weighted by Crippen LogP contribution is 2.26. The van der Waals surface area contributed by atoms with Gasteiger partial charge in [-0.25, -0.2) is 13.4 Å². The molecule has 1 amide bonds. The first kappa shape index (κ1) is 16.7. The third-order valence-electron chi connectivity index (χ3n) is 3.85. The van der Waals surface area contributed by atoms with Crippen LogP contribution in [0.4, 0.5) is 11.5 Å². The zero-order valence-corrected chi connectivity index (χ0v) is 13.9. The molecule has 1 aliphatic rings. The predicted octanol–water partition coefficient (Wildman–Crippen LogP) is 1.83. The number of carbonyl (C=O) groups excluding carboxylic acids is 1. The number of aromatic nitrogens is 1. The van der Waals surface area contributed by atoms with Gasteiger partial charge in [0.2, 0.25) is 5.91 Å². The van der Waals surface area contributed by atoms with E-state index in [0.717, 1.165) is 25.9 Å². The Bertz CT molecular complexity index is 625. The van der Waals surface area contributed by atoms with E-state index in [-0.39, 0.29) is 5.75 Å². The Morgan fingerprint density at radius 3 is 2.73 bits per heavy atom. The zero-order chi connectivity index (χ0) is 16.2. The van der Waals surface area contributed by atoms with Crippen LogP contribution in [0, 0.1) is 0 Å². The zero-order valence-electron chi connectivity index (χ0n) is 13.1. The van der Waals surface area contributed by atoms with Crippen molar-refractivity contribution in [1.82, 2.24) is 4.98 Å². The van der Waals surface area contributed by atoms with E-state index in [0.29, 0.717) is 17.9 Å². The van der Waals surface area contributed by atoms with Crippen LogP contribution in [0.15, 0.2) is 18.3 Å². The molecule has 1 aromatic heterocycles. The van der Waals surface area contributed by atoms with Crippen LogP contribution in [0.5, 0.6) is 0 Å². The first-order valence-corrected chi connectivity index (χ1v) is 9.39. The topological polar surface area (TPSA) is 79.4 Å². The molecule has 2 rings (SSSR count). The SMILES string of the molecule is CCCS(=O)(=O)[C@@H](C)C(=O)Nc1cccnc1N1CCCC1. The van der Waals surface area contributed by atoms with Gasteiger partial charge in [0.15, 0.2) is 15.7 Å². The van der Waals surface area contributed by atoms with Gasteiger partial charge >= 0.3 is 0 Å². The molecule has 0 radical (unpaired) electrons. The molecule has 0 aromatic carbocycles. The standard InChI is InChI=1S/C15H23N3O3S/c1-3-11-22(20,21)12(2)15(19)17-13-7-6-8-16-14(13)18-9-4-5-10-18/h6-8,12H,3-5,9-11H2,1-2H3,(H,17,19)/t12-/m0/s1. The first-order chi connectivity index (χ1) is 10.5. The summed E-state index contributed by atoms with van der Waals surface area (Å²) in [7, 11) is -3.41. The molecule has 1 aliphatic heterocycles. The molecule has 0 unspecified atom stereocenters. The number of nitrogens with one attached hydrogen (secondary N) is 1. The summed E-state index contributed by atoms with van der Waals surface area (Å²) in [5, 5.41) is 1.67. The number of rotatable bonds is 6. The lowest BCUT2D eigenvalue weighted by atomic mass is 10.3. The number of hydrogen-bond donors (Lipinski definition) is 1. The molecule has 6 nitrogen and oxygen atoms in total. The molecule has 1 N–H and O–H groups in total. The highest BCUT2D eigenvalue weighted by Gasteiger charge is 2.28. The van der Waals surface area contributed by atoms with Crippen LogP contribution in [-0.2, 0) is 14.6 Å². The van der Waals surface area contributed by atoms with Crippen molar-refractivity contribution >= 4 is 27.2 Å². The molecule has 1 fully saturated rings. The third kappa shape index (κ3) is 3.76. The average Bonchev–Trinajstić information content (AvgIpc) is 3.01. The van der Waals surface area contributed by atoms with Gasteiger partial charge in [0.05, 0.1) is 11.4 Å². The van der Waals surface area contributed by atoms with Crippen molar-refractivity contribution in [1.29, 1.82) is 0 Å². The number of anilines is 2. The van der Waals surface area contributed by atoms with Crippen LogP contribution in [0.25, 0.3) is 0 Å². The fourth-order valence-electron chi connectivity index (χ4n) is 2.53. The second-order valence-corrected chi connectivity index (χ2v) is 8.01. The number of nitrogens with zero attached hydrogens (tertiary/aromatic N) is 2. The largest absolute Gasteiger partial charge is 0.355 e. The monoisotopic (exact) mass is 325 g/mol. The molecular formula is C15H23N3O3S. The highest BCUT2D eigenvalue weighted by molar-refractivity contribution is 7.92. The summed E-state index contributed by atoms with van der Waals surface area (Å²) in [6, 6.07) is 3.50. The molecule has 7 heteroatoms. The molecule has 2 heterocycles. The lowest BCUT2D eigenvalue weighted by Gasteiger charge is -2.21. The number of pyridine rings is 1. The Balaban J connectivity index is 2.15. The minimum absolute atomic E-state index is 0.0214. The third-order valence-corrected chi connectivity index (χ3v) is 6.12. The molecule has 1 saturated heterocycles. The van der Waals surface area contributed by atoms with Gasteiger partial charge < -0.3 is 10.2 Å². The minimum atomic E-state index is -3.41. The van der Waals surface area contributed by atoms with E-state index in [1.54, 1.807) is 25.3 Å². The Kier molecular flexibility index (Phi) is 5.39. The van der Waals surface area contributed by atoms with Crippen molar-refractivity contribution in [3.63, 3.8) is 0 Å². The lowest BCUT2D eigenvalue weighted by molar-refractivity contribution is -0.115. The van der Waals surface area contributed by atoms with Crippen LogP contribution in [-0.4, -0.2) is 43.4 Å². The summed E-state index contributed by atoms with van der Waals surface area (Å²) >= 11 is 0. The lowest BCUT2D eigenvalue weighted by Crippen LogP contribution is -2.34. The summed E-state index contributed by atoms with van der Waals surface area (Å²) < 4.78 is 24.0. The molecule has 0 aliphatic carbocycles. The molecular weight excluding hydrogens is 302 g/mol. The molecule has 0 bridgehead atoms. The molecule has 1 aromatic rings. The maximum absolute atomic E-state index is 12.3. The van der Waals surface area contributed by atoms with Gasteiger partial charge in [-0.05, 0) is 38.3 Å². The summed E-state index contributed by atoms with van der Waals surface area (Å²) in [5.74, 6) is 0.239. The van der Waals surface area contributed by atoms with Crippen molar-refractivity contribution in [3.8, 4) is 0 Å². The van der Waals surface area contributed by atoms with E-state index in [1.165, 1.54) is 6.92 Å². The van der Waals surface area contributed by atoms with Crippen molar-refractivity contribution in [3.05, 3.63) is 18.3 Å². The molecule has 122 valence electrons. The van der Waals surface area contributed by atoms with Gasteiger partial charge in [-0.3, -0.25) is 4.79 Å². The van der Waals surface area contributed by atoms with E-state index in [2.05, 4.69) is 15.2 Å². The van der Waals surface area contributed by atoms with Gasteiger partial charge in [-0.1, -0.05) is 6.92 Å². The van der Waals surface area contributed by atoms with Crippen LogP contribution >= 0.6 is 0 Å². The van der Waals surface area contributed by atoms with E-state index in [9.17, 15) is 13.2 Å². The van der Waals surface area contributed by atoms with E-state index >= 15 is 0 Å². The Morgan fingerprint density at radius 1 is 1.41 bits per heavy atom. The Morgan fingerprint density at radius 2 is 2.09 bits per heavy atom. The summed E-state index contributed by atoms with van der Waals surface area (Å²) in [6.45, 7) is 5.04. The molecule has 1 atom stereocenters. The van der Waals surface area contributed by atoms with Gasteiger partial charge in [-0.2, -0.15) is 0 Å². The minimum Gasteiger partial charge on any atom is -0.355 e. The number of amides is 1. The second-order valence-electron chi connectivity index (χ2n) is 5.57. The molecule has 0 spiro atoms. The average molecular weight is 325 g/mol. The fourth-order valence-corrected chi connectivity index (χ4v) is 3.84. The summed E-state index contributed by atoms with van der Waals surface area (Å²) in [4.78, 5) is 18.7. The van der Waals surface area contributed by atoms with Gasteiger partial charge in [0, 0.05) is 19.3 Å². The van der Waals surface area contributed by atoms with Crippen LogP contribution in [0.3, 0.4) is 0 Å². The normalized spacial score (nSPS) is 16.5. The smallest absolute Gasteiger partial charge is 0.242 e. The number of carbonyl (C=O) groups is 1. The van der Waals surface area contributed by atoms with E-state index < -0.39 is 21.0 Å². The maximum Gasteiger partial charge on any atom is 0.242 e. The second kappa shape index (κ2) is 7.09. The summed E-state index contributed by atoms with van der Waals surface area (Å²) in [5.41, 5.74) is 0.577. The van der Waals surface area contributed by atoms with Crippen molar-refractivity contribution in [2.75, 3.05) is 29.1 Å². The van der Waals surface area contributed by atoms with Gasteiger partial charge in [0.1, 0.15) is 5.25 Å². The number of hydrogen-bond acceptors (Lipinski definition) is 5. The van der Waals surface area contributed by atoms with E-state index in [4.69, 9.17) is 0 Å². The predicted molar refractivity (Wildman–Crippen MR) is 87.9 cm³/mol. The molecule has 0 saturated carbocycles. The quantitative estimate of drug-likeness (QED) is 0.863. The Hall–Kier alpha value is -1.63. The van der Waals surface area contributed by atoms with Gasteiger partial charge in [0.25, 0.3) is 0 Å². The molecule has 22 heavy (non-hydrogen) atoms. The van der Waals surface area contributed by atoms with Crippen LogP contribution < -0.4 is 10.2 Å². The highest BCUT2D eigenvalue weighted by atomic mass is 32.2. The van der Waals surface area contributed by atoms with Gasteiger partial charge in [-0.15, -0.1) is 0 Å². The van der Waals surface area contributed by atoms with Crippen molar-refractivity contribution in [2.45, 2.75) is 38.4 Å². The maximum atomic E-state index is 12.3. The van der Waals surface area contributed by atoms with Crippen molar-refractivity contribution in [2.24, 2.45) is 0 Å². The van der Waals surface area contributed by atoms with E-state index in [1.807, 2.05) is 0 Å². The van der Waals surface area contributed by atoms with Crippen LogP contribution in [0.1, 0.15) is 33.1 Å². The Labute approximate surface area is 131 Å². The number of sulfone groups is 1. The fraction of sp³-hybridized carbons (Fsp3) is 0.600. The summed E-state index contributed by atoms with van der Waals surface area (Å²) in [6.07, 6.45) is 4.39. The van der Waals surface area contributed by atoms with Crippen molar-refractivity contribution < 1.29 is 13.2 Å². The first-order valence-electron chi connectivity index (χ1n) is 7.68.